The Labute approximate surface area is 171 Å². The molecule has 2 rings (SSSR count). The average Bonchev–Trinajstić information content (AvgIpc) is 2.64. The Balaban J connectivity index is 0.00000190. The number of rotatable bonds is 4. The first-order valence-corrected chi connectivity index (χ1v) is 10.2. The van der Waals surface area contributed by atoms with Gasteiger partial charge in [0.15, 0.2) is 0 Å². The normalized spacial score (nSPS) is 23.5. The number of carbonyl (C=O) groups is 2. The van der Waals surface area contributed by atoms with Crippen LogP contribution in [0.5, 0.6) is 0 Å². The summed E-state index contributed by atoms with van der Waals surface area (Å²) in [6.45, 7) is 13.3. The molecule has 1 aliphatic rings. The van der Waals surface area contributed by atoms with Crippen molar-refractivity contribution in [2.45, 2.75) is 84.2 Å². The molecule has 2 amide bonds. The second-order valence-electron chi connectivity index (χ2n) is 8.22. The summed E-state index contributed by atoms with van der Waals surface area (Å²) in [5.74, 6) is -0.322. The second-order valence-corrected chi connectivity index (χ2v) is 8.22. The van der Waals surface area contributed by atoms with E-state index in [1.54, 1.807) is 20.8 Å². The molecule has 28 heavy (non-hydrogen) atoms. The Kier molecular flexibility index (Phi) is 8.15. The second kappa shape index (κ2) is 9.48. The predicted octanol–water partition coefficient (Wildman–Crippen LogP) is 3.83. The van der Waals surface area contributed by atoms with E-state index in [-0.39, 0.29) is 17.9 Å². The summed E-state index contributed by atoms with van der Waals surface area (Å²) >= 11 is 0. The van der Waals surface area contributed by atoms with E-state index in [1.165, 1.54) is 11.1 Å². The predicted molar refractivity (Wildman–Crippen MR) is 115 cm³/mol. The zero-order chi connectivity index (χ0) is 21.6. The first-order chi connectivity index (χ1) is 13.0. The largest absolute Gasteiger partial charge is 0.444 e. The Morgan fingerprint density at radius 2 is 1.82 bits per heavy atom. The lowest BCUT2D eigenvalue weighted by atomic mass is 9.50. The third-order valence-electron chi connectivity index (χ3n) is 5.25. The lowest BCUT2D eigenvalue weighted by Crippen LogP contribution is -2.64. The van der Waals surface area contributed by atoms with E-state index in [9.17, 15) is 9.59 Å². The monoisotopic (exact) mass is 386 g/mol. The van der Waals surface area contributed by atoms with Gasteiger partial charge in [-0.2, -0.15) is 0 Å². The summed E-state index contributed by atoms with van der Waals surface area (Å²) in [7, 11) is 6.70. The average molecular weight is 386 g/mol. The summed E-state index contributed by atoms with van der Waals surface area (Å²) in [5, 5.41) is 5.45. The molecular formula is C22H35BN2O3. The van der Waals surface area contributed by atoms with Gasteiger partial charge in [-0.15, -0.1) is 0 Å². The van der Waals surface area contributed by atoms with Crippen LogP contribution in [0.15, 0.2) is 24.3 Å². The van der Waals surface area contributed by atoms with Crippen molar-refractivity contribution in [1.82, 2.24) is 10.6 Å². The highest BCUT2D eigenvalue weighted by atomic mass is 16.6. The molecule has 0 aromatic heterocycles. The SMILES string of the molecule is CC.[B]C1(NC(=O)CNC(=O)OC(C)(C)C)CCc2ccccc2C1(C)CC. The lowest BCUT2D eigenvalue weighted by molar-refractivity contribution is -0.122. The van der Waals surface area contributed by atoms with Gasteiger partial charge in [-0.25, -0.2) is 4.79 Å². The third-order valence-corrected chi connectivity index (χ3v) is 5.25. The molecular weight excluding hydrogens is 351 g/mol. The molecule has 154 valence electrons. The van der Waals surface area contributed by atoms with Crippen molar-refractivity contribution in [3.8, 4) is 0 Å². The van der Waals surface area contributed by atoms with Gasteiger partial charge in [0.1, 0.15) is 13.4 Å². The van der Waals surface area contributed by atoms with Crippen molar-refractivity contribution in [3.05, 3.63) is 35.4 Å². The van der Waals surface area contributed by atoms with E-state index in [1.807, 2.05) is 26.0 Å². The molecule has 0 fully saturated rings. The highest BCUT2D eigenvalue weighted by molar-refractivity contribution is 6.18. The molecule has 5 nitrogen and oxygen atoms in total. The zero-order valence-electron chi connectivity index (χ0n) is 18.4. The summed E-state index contributed by atoms with van der Waals surface area (Å²) in [6, 6.07) is 8.24. The molecule has 6 heteroatoms. The topological polar surface area (TPSA) is 67.4 Å². The van der Waals surface area contributed by atoms with Crippen molar-refractivity contribution < 1.29 is 14.3 Å². The van der Waals surface area contributed by atoms with E-state index in [2.05, 4.69) is 36.6 Å². The van der Waals surface area contributed by atoms with E-state index in [0.29, 0.717) is 6.42 Å². The molecule has 0 bridgehead atoms. The van der Waals surface area contributed by atoms with Gasteiger partial charge in [-0.1, -0.05) is 52.0 Å². The van der Waals surface area contributed by atoms with Crippen molar-refractivity contribution in [2.75, 3.05) is 6.54 Å². The zero-order valence-corrected chi connectivity index (χ0v) is 18.4. The molecule has 0 saturated carbocycles. The molecule has 0 saturated heterocycles. The maximum Gasteiger partial charge on any atom is 0.408 e. The van der Waals surface area contributed by atoms with Crippen molar-refractivity contribution in [1.29, 1.82) is 0 Å². The maximum atomic E-state index is 12.4. The Morgan fingerprint density at radius 3 is 2.39 bits per heavy atom. The van der Waals surface area contributed by atoms with Gasteiger partial charge >= 0.3 is 6.09 Å². The van der Waals surface area contributed by atoms with Crippen LogP contribution in [-0.4, -0.2) is 37.4 Å². The van der Waals surface area contributed by atoms with Crippen LogP contribution in [-0.2, 0) is 21.4 Å². The highest BCUT2D eigenvalue weighted by Gasteiger charge is 2.48. The Bertz CT molecular complexity index is 687. The Morgan fingerprint density at radius 1 is 1.21 bits per heavy atom. The smallest absolute Gasteiger partial charge is 0.408 e. The van der Waals surface area contributed by atoms with E-state index in [4.69, 9.17) is 12.6 Å². The molecule has 0 aliphatic heterocycles. The minimum Gasteiger partial charge on any atom is -0.444 e. The molecule has 0 spiro atoms. The number of hydrogen-bond donors (Lipinski definition) is 2. The number of alkyl carbamates (subject to hydrolysis) is 1. The van der Waals surface area contributed by atoms with E-state index < -0.39 is 17.1 Å². The fraction of sp³-hybridized carbons (Fsp3) is 0.636. The van der Waals surface area contributed by atoms with Gasteiger partial charge in [0.05, 0.1) is 6.54 Å². The number of nitrogens with one attached hydrogen (secondary N) is 2. The van der Waals surface area contributed by atoms with E-state index >= 15 is 0 Å². The van der Waals surface area contributed by atoms with Crippen LogP contribution in [0.2, 0.25) is 0 Å². The summed E-state index contributed by atoms with van der Waals surface area (Å²) in [4.78, 5) is 24.2. The molecule has 0 heterocycles. The fourth-order valence-corrected chi connectivity index (χ4v) is 3.59. The fourth-order valence-electron chi connectivity index (χ4n) is 3.59. The molecule has 2 radical (unpaired) electrons. The number of aryl methyl sites for hydroxylation is 1. The summed E-state index contributed by atoms with van der Waals surface area (Å²) in [5.41, 5.74) is 0.589. The van der Waals surface area contributed by atoms with Crippen LogP contribution in [0.1, 0.15) is 72.4 Å². The van der Waals surface area contributed by atoms with Crippen LogP contribution < -0.4 is 10.6 Å². The van der Waals surface area contributed by atoms with Gasteiger partial charge in [0, 0.05) is 10.9 Å². The van der Waals surface area contributed by atoms with Crippen LogP contribution in [0, 0.1) is 0 Å². The number of amides is 2. The summed E-state index contributed by atoms with van der Waals surface area (Å²) < 4.78 is 5.15. The summed E-state index contributed by atoms with van der Waals surface area (Å²) in [6.07, 6.45) is 1.63. The van der Waals surface area contributed by atoms with Crippen LogP contribution in [0.25, 0.3) is 0 Å². The van der Waals surface area contributed by atoms with Crippen molar-refractivity contribution in [3.63, 3.8) is 0 Å². The molecule has 1 aliphatic carbocycles. The van der Waals surface area contributed by atoms with Gasteiger partial charge < -0.3 is 15.4 Å². The number of carbonyl (C=O) groups excluding carboxylic acids is 2. The third kappa shape index (κ3) is 5.52. The molecule has 2 unspecified atom stereocenters. The van der Waals surface area contributed by atoms with Gasteiger partial charge in [0.2, 0.25) is 5.91 Å². The minimum absolute atomic E-state index is 0.171. The number of fused-ring (bicyclic) bond motifs is 1. The molecule has 2 atom stereocenters. The Hall–Kier alpha value is -1.98. The standard InChI is InChI=1S/C20H29BN2O3.C2H6/c1-6-19(5)15-10-8-7-9-14(15)11-12-20(19,21)23-16(24)13-22-17(25)26-18(2,3)4;1-2/h7-10H,6,11-13H2,1-5H3,(H,22,25)(H,23,24);1-2H3. The highest BCUT2D eigenvalue weighted by Crippen LogP contribution is 2.44. The van der Waals surface area contributed by atoms with Gasteiger partial charge in [-0.3, -0.25) is 4.79 Å². The van der Waals surface area contributed by atoms with Crippen molar-refractivity contribution >= 4 is 19.8 Å². The van der Waals surface area contributed by atoms with Gasteiger partial charge in [0.25, 0.3) is 0 Å². The first kappa shape index (κ1) is 24.1. The molecule has 1 aromatic rings. The van der Waals surface area contributed by atoms with Crippen molar-refractivity contribution in [2.24, 2.45) is 0 Å². The number of benzene rings is 1. The molecule has 2 N–H and O–H groups in total. The maximum absolute atomic E-state index is 12.4. The lowest BCUT2D eigenvalue weighted by Gasteiger charge is -2.52. The minimum atomic E-state index is -0.872. The van der Waals surface area contributed by atoms with E-state index in [0.717, 1.165) is 12.8 Å². The molecule has 1 aromatic carbocycles. The number of hydrogen-bond acceptors (Lipinski definition) is 3. The quantitative estimate of drug-likeness (QED) is 0.773. The number of ether oxygens (including phenoxy) is 1. The van der Waals surface area contributed by atoms with Crippen LogP contribution in [0.3, 0.4) is 0 Å². The first-order valence-electron chi connectivity index (χ1n) is 10.2. The van der Waals surface area contributed by atoms with Gasteiger partial charge in [-0.05, 0) is 51.2 Å². The van der Waals surface area contributed by atoms with Crippen LogP contribution >= 0.6 is 0 Å². The van der Waals surface area contributed by atoms with Crippen LogP contribution in [0.4, 0.5) is 4.79 Å².